The van der Waals surface area contributed by atoms with Gasteiger partial charge in [0.25, 0.3) is 6.01 Å². The van der Waals surface area contributed by atoms with E-state index in [4.69, 9.17) is 10.2 Å². The van der Waals surface area contributed by atoms with Crippen LogP contribution >= 0.6 is 0 Å². The van der Waals surface area contributed by atoms with Crippen molar-refractivity contribution in [1.29, 1.82) is 0 Å². The number of nitrogens with zero attached hydrogens (tertiary/aromatic N) is 1. The Labute approximate surface area is 98.5 Å². The fourth-order valence-corrected chi connectivity index (χ4v) is 2.08. The second-order valence-electron chi connectivity index (χ2n) is 3.93. The molecule has 2 aromatic heterocycles. The summed E-state index contributed by atoms with van der Waals surface area (Å²) in [5.41, 5.74) is 8.61. The standard InChI is InChI=1S/C13H13N3O/c1-2-10-12(17-13(14)16-10)9-7-15-11-6-4-3-5-8(9)11/h3-7,15H,2H2,1H3,(H2,14,16). The maximum atomic E-state index is 5.62. The number of hydrogen-bond acceptors (Lipinski definition) is 3. The van der Waals surface area contributed by atoms with Gasteiger partial charge in [-0.3, -0.25) is 0 Å². The van der Waals surface area contributed by atoms with E-state index in [1.165, 1.54) is 0 Å². The number of rotatable bonds is 2. The monoisotopic (exact) mass is 227 g/mol. The van der Waals surface area contributed by atoms with Crippen LogP contribution in [0.25, 0.3) is 22.2 Å². The van der Waals surface area contributed by atoms with Crippen molar-refractivity contribution in [1.82, 2.24) is 9.97 Å². The zero-order valence-corrected chi connectivity index (χ0v) is 9.53. The minimum absolute atomic E-state index is 0.224. The van der Waals surface area contributed by atoms with Crippen LogP contribution in [-0.2, 0) is 6.42 Å². The molecule has 3 aromatic rings. The lowest BCUT2D eigenvalue weighted by molar-refractivity contribution is 0.594. The first-order valence-electron chi connectivity index (χ1n) is 5.61. The topological polar surface area (TPSA) is 67.8 Å². The summed E-state index contributed by atoms with van der Waals surface area (Å²) in [4.78, 5) is 7.41. The molecule has 0 aliphatic heterocycles. The van der Waals surface area contributed by atoms with E-state index in [1.807, 2.05) is 31.3 Å². The van der Waals surface area contributed by atoms with Gasteiger partial charge < -0.3 is 15.1 Å². The van der Waals surface area contributed by atoms with E-state index in [-0.39, 0.29) is 6.01 Å². The number of aromatic nitrogens is 2. The van der Waals surface area contributed by atoms with Crippen molar-refractivity contribution in [3.8, 4) is 11.3 Å². The minimum atomic E-state index is 0.224. The second-order valence-corrected chi connectivity index (χ2v) is 3.93. The third-order valence-corrected chi connectivity index (χ3v) is 2.88. The molecule has 4 heteroatoms. The van der Waals surface area contributed by atoms with Crippen LogP contribution in [0.4, 0.5) is 6.01 Å². The van der Waals surface area contributed by atoms with Crippen LogP contribution in [-0.4, -0.2) is 9.97 Å². The van der Waals surface area contributed by atoms with Crippen LogP contribution in [0.1, 0.15) is 12.6 Å². The number of fused-ring (bicyclic) bond motifs is 1. The molecule has 0 saturated carbocycles. The lowest BCUT2D eigenvalue weighted by Crippen LogP contribution is -1.85. The highest BCUT2D eigenvalue weighted by Gasteiger charge is 2.15. The van der Waals surface area contributed by atoms with Crippen LogP contribution in [0.2, 0.25) is 0 Å². The largest absolute Gasteiger partial charge is 0.423 e. The van der Waals surface area contributed by atoms with E-state index >= 15 is 0 Å². The average Bonchev–Trinajstić information content (AvgIpc) is 2.91. The summed E-state index contributed by atoms with van der Waals surface area (Å²) in [6, 6.07) is 8.31. The van der Waals surface area contributed by atoms with Gasteiger partial charge in [0.15, 0.2) is 5.76 Å². The van der Waals surface area contributed by atoms with Crippen molar-refractivity contribution in [2.45, 2.75) is 13.3 Å². The highest BCUT2D eigenvalue weighted by Crippen LogP contribution is 2.32. The molecule has 86 valence electrons. The van der Waals surface area contributed by atoms with Crippen LogP contribution in [0.15, 0.2) is 34.9 Å². The van der Waals surface area contributed by atoms with Crippen molar-refractivity contribution in [2.24, 2.45) is 0 Å². The minimum Gasteiger partial charge on any atom is -0.423 e. The summed E-state index contributed by atoms with van der Waals surface area (Å²) < 4.78 is 5.50. The molecule has 3 N–H and O–H groups in total. The van der Waals surface area contributed by atoms with Crippen LogP contribution in [0.5, 0.6) is 0 Å². The van der Waals surface area contributed by atoms with E-state index in [1.54, 1.807) is 0 Å². The number of oxazole rings is 1. The van der Waals surface area contributed by atoms with Gasteiger partial charge >= 0.3 is 0 Å². The van der Waals surface area contributed by atoms with Crippen molar-refractivity contribution < 1.29 is 4.42 Å². The summed E-state index contributed by atoms with van der Waals surface area (Å²) in [7, 11) is 0. The Hall–Kier alpha value is -2.23. The molecule has 4 nitrogen and oxygen atoms in total. The summed E-state index contributed by atoms with van der Waals surface area (Å²) >= 11 is 0. The van der Waals surface area contributed by atoms with E-state index in [0.717, 1.165) is 34.3 Å². The number of para-hydroxylation sites is 1. The Kier molecular flexibility index (Phi) is 2.14. The zero-order valence-electron chi connectivity index (χ0n) is 9.53. The average molecular weight is 227 g/mol. The number of nitrogens with two attached hydrogens (primary N) is 1. The fraction of sp³-hybridized carbons (Fsp3) is 0.154. The second kappa shape index (κ2) is 3.66. The van der Waals surface area contributed by atoms with Crippen molar-refractivity contribution >= 4 is 16.9 Å². The van der Waals surface area contributed by atoms with E-state index in [9.17, 15) is 0 Å². The molecule has 0 atom stereocenters. The Morgan fingerprint density at radius 2 is 2.18 bits per heavy atom. The third-order valence-electron chi connectivity index (χ3n) is 2.88. The quantitative estimate of drug-likeness (QED) is 0.707. The van der Waals surface area contributed by atoms with Gasteiger partial charge in [-0.2, -0.15) is 4.98 Å². The van der Waals surface area contributed by atoms with Crippen LogP contribution in [0, 0.1) is 0 Å². The number of benzene rings is 1. The molecule has 0 aliphatic carbocycles. The van der Waals surface area contributed by atoms with Gasteiger partial charge in [-0.05, 0) is 12.5 Å². The molecule has 1 aromatic carbocycles. The molecule has 0 radical (unpaired) electrons. The van der Waals surface area contributed by atoms with E-state index < -0.39 is 0 Å². The number of hydrogen-bond donors (Lipinski definition) is 2. The molecule has 0 amide bonds. The SMILES string of the molecule is CCc1nc(N)oc1-c1c[nH]c2ccccc12. The van der Waals surface area contributed by atoms with E-state index in [2.05, 4.69) is 16.0 Å². The number of nitrogen functional groups attached to an aromatic ring is 1. The van der Waals surface area contributed by atoms with Crippen molar-refractivity contribution in [3.05, 3.63) is 36.2 Å². The summed E-state index contributed by atoms with van der Waals surface area (Å²) in [5.74, 6) is 0.766. The van der Waals surface area contributed by atoms with E-state index in [0.29, 0.717) is 0 Å². The molecule has 0 aliphatic rings. The highest BCUT2D eigenvalue weighted by molar-refractivity contribution is 5.94. The lowest BCUT2D eigenvalue weighted by Gasteiger charge is -1.96. The molecule has 0 spiro atoms. The number of aryl methyl sites for hydroxylation is 1. The normalized spacial score (nSPS) is 11.1. The van der Waals surface area contributed by atoms with Gasteiger partial charge in [0.05, 0.1) is 5.69 Å². The number of aromatic amines is 1. The summed E-state index contributed by atoms with van der Waals surface area (Å²) in [6.45, 7) is 2.04. The van der Waals surface area contributed by atoms with Gasteiger partial charge in [0.2, 0.25) is 0 Å². The van der Waals surface area contributed by atoms with Gasteiger partial charge in [0, 0.05) is 22.7 Å². The van der Waals surface area contributed by atoms with Gasteiger partial charge in [-0.25, -0.2) is 0 Å². The number of H-pyrrole nitrogens is 1. The Morgan fingerprint density at radius 1 is 1.35 bits per heavy atom. The third kappa shape index (κ3) is 1.49. The number of anilines is 1. The van der Waals surface area contributed by atoms with Gasteiger partial charge in [-0.1, -0.05) is 25.1 Å². The Bertz CT molecular complexity index is 666. The van der Waals surface area contributed by atoms with Crippen LogP contribution < -0.4 is 5.73 Å². The first-order chi connectivity index (χ1) is 8.29. The smallest absolute Gasteiger partial charge is 0.292 e. The van der Waals surface area contributed by atoms with Gasteiger partial charge in [-0.15, -0.1) is 0 Å². The van der Waals surface area contributed by atoms with Crippen LogP contribution in [0.3, 0.4) is 0 Å². The first-order valence-corrected chi connectivity index (χ1v) is 5.61. The first kappa shape index (κ1) is 9.96. The molecule has 0 bridgehead atoms. The number of nitrogens with one attached hydrogen (secondary N) is 1. The highest BCUT2D eigenvalue weighted by atomic mass is 16.4. The molecular formula is C13H13N3O. The molecule has 0 fully saturated rings. The summed E-state index contributed by atoms with van der Waals surface area (Å²) in [5, 5.41) is 1.12. The fourth-order valence-electron chi connectivity index (χ4n) is 2.08. The maximum absolute atomic E-state index is 5.62. The van der Waals surface area contributed by atoms with Crippen molar-refractivity contribution in [3.63, 3.8) is 0 Å². The van der Waals surface area contributed by atoms with Gasteiger partial charge in [0.1, 0.15) is 0 Å². The predicted molar refractivity (Wildman–Crippen MR) is 67.6 cm³/mol. The molecule has 17 heavy (non-hydrogen) atoms. The lowest BCUT2D eigenvalue weighted by atomic mass is 10.1. The predicted octanol–water partition coefficient (Wildman–Crippen LogP) is 2.97. The molecule has 0 unspecified atom stereocenters. The zero-order chi connectivity index (χ0) is 11.8. The van der Waals surface area contributed by atoms with Crippen molar-refractivity contribution in [2.75, 3.05) is 5.73 Å². The molecule has 0 saturated heterocycles. The molecule has 2 heterocycles. The summed E-state index contributed by atoms with van der Waals surface area (Å²) in [6.07, 6.45) is 2.74. The Balaban J connectivity index is 2.26. The Morgan fingerprint density at radius 3 is 3.00 bits per heavy atom. The molecule has 3 rings (SSSR count). The molecular weight excluding hydrogens is 214 g/mol. The maximum Gasteiger partial charge on any atom is 0.292 e.